The topological polar surface area (TPSA) is 84.5 Å². The van der Waals surface area contributed by atoms with E-state index in [9.17, 15) is 14.4 Å². The summed E-state index contributed by atoms with van der Waals surface area (Å²) in [4.78, 5) is 35.1. The maximum atomic E-state index is 11.8. The Bertz CT molecular complexity index is 684. The summed E-state index contributed by atoms with van der Waals surface area (Å²) in [5, 5.41) is 0.496. The van der Waals surface area contributed by atoms with Crippen LogP contribution in [-0.4, -0.2) is 24.4 Å². The lowest BCUT2D eigenvalue weighted by Gasteiger charge is -2.08. The third-order valence-electron chi connectivity index (χ3n) is 2.84. The average Bonchev–Trinajstić information content (AvgIpc) is 2.58. The van der Waals surface area contributed by atoms with Gasteiger partial charge in [-0.1, -0.05) is 27.5 Å². The molecule has 2 N–H and O–H groups in total. The van der Waals surface area contributed by atoms with Crippen molar-refractivity contribution >= 4 is 45.3 Å². The van der Waals surface area contributed by atoms with E-state index >= 15 is 0 Å². The molecule has 0 radical (unpaired) electrons. The second-order valence-corrected chi connectivity index (χ2v) is 5.94. The quantitative estimate of drug-likeness (QED) is 0.598. The Morgan fingerprint density at radius 1 is 0.917 bits per heavy atom. The number of hydrazine groups is 1. The summed E-state index contributed by atoms with van der Waals surface area (Å²) in [6, 6.07) is 12.6. The summed E-state index contributed by atoms with van der Waals surface area (Å²) in [6.07, 6.45) is 0. The number of esters is 1. The zero-order valence-corrected chi connectivity index (χ0v) is 14.6. The van der Waals surface area contributed by atoms with E-state index in [1.54, 1.807) is 36.4 Å². The lowest BCUT2D eigenvalue weighted by molar-refractivity contribution is -0.125. The molecule has 8 heteroatoms. The molecule has 0 spiro atoms. The fraction of sp³-hybridized carbons (Fsp3) is 0.0625. The van der Waals surface area contributed by atoms with Crippen molar-refractivity contribution in [2.75, 3.05) is 6.61 Å². The van der Waals surface area contributed by atoms with Crippen molar-refractivity contribution in [2.45, 2.75) is 0 Å². The highest BCUT2D eigenvalue weighted by Gasteiger charge is 2.11. The molecule has 0 aromatic heterocycles. The predicted octanol–water partition coefficient (Wildman–Crippen LogP) is 2.72. The van der Waals surface area contributed by atoms with Gasteiger partial charge in [-0.3, -0.25) is 20.4 Å². The Labute approximate surface area is 151 Å². The van der Waals surface area contributed by atoms with E-state index in [0.29, 0.717) is 16.1 Å². The van der Waals surface area contributed by atoms with Crippen molar-refractivity contribution in [1.82, 2.24) is 10.9 Å². The van der Waals surface area contributed by atoms with Gasteiger partial charge in [0.2, 0.25) is 0 Å². The van der Waals surface area contributed by atoms with Crippen molar-refractivity contribution in [2.24, 2.45) is 0 Å². The van der Waals surface area contributed by atoms with Gasteiger partial charge in [0.05, 0.1) is 5.56 Å². The van der Waals surface area contributed by atoms with E-state index in [1.807, 2.05) is 0 Å². The summed E-state index contributed by atoms with van der Waals surface area (Å²) in [5.41, 5.74) is 5.01. The predicted molar refractivity (Wildman–Crippen MR) is 91.5 cm³/mol. The minimum absolute atomic E-state index is 0.316. The van der Waals surface area contributed by atoms with E-state index in [2.05, 4.69) is 26.8 Å². The Morgan fingerprint density at radius 3 is 2.12 bits per heavy atom. The maximum Gasteiger partial charge on any atom is 0.338 e. The SMILES string of the molecule is O=C(COC(=O)c1ccc(Br)cc1)NNC(=O)c1ccc(Cl)cc1. The van der Waals surface area contributed by atoms with Crippen LogP contribution in [0.5, 0.6) is 0 Å². The fourth-order valence-corrected chi connectivity index (χ4v) is 2.03. The highest BCUT2D eigenvalue weighted by molar-refractivity contribution is 9.10. The van der Waals surface area contributed by atoms with Gasteiger partial charge in [0.15, 0.2) is 6.61 Å². The van der Waals surface area contributed by atoms with Gasteiger partial charge >= 0.3 is 5.97 Å². The van der Waals surface area contributed by atoms with Crippen LogP contribution < -0.4 is 10.9 Å². The molecule has 6 nitrogen and oxygen atoms in total. The van der Waals surface area contributed by atoms with Crippen molar-refractivity contribution in [3.63, 3.8) is 0 Å². The Kier molecular flexibility index (Phi) is 6.34. The number of ether oxygens (including phenoxy) is 1. The molecule has 0 heterocycles. The zero-order chi connectivity index (χ0) is 17.5. The number of nitrogens with one attached hydrogen (secondary N) is 2. The molecule has 2 aromatic carbocycles. The van der Waals surface area contributed by atoms with Crippen LogP contribution in [0.3, 0.4) is 0 Å². The number of halogens is 2. The third-order valence-corrected chi connectivity index (χ3v) is 3.62. The summed E-state index contributed by atoms with van der Waals surface area (Å²) >= 11 is 8.97. The molecule has 2 rings (SSSR count). The lowest BCUT2D eigenvalue weighted by atomic mass is 10.2. The van der Waals surface area contributed by atoms with Crippen molar-refractivity contribution in [3.05, 3.63) is 69.2 Å². The summed E-state index contributed by atoms with van der Waals surface area (Å²) < 4.78 is 5.67. The van der Waals surface area contributed by atoms with E-state index in [-0.39, 0.29) is 0 Å². The number of carbonyl (C=O) groups is 3. The van der Waals surface area contributed by atoms with Gasteiger partial charge in [-0.25, -0.2) is 4.79 Å². The maximum absolute atomic E-state index is 11.8. The number of rotatable bonds is 4. The Hall–Kier alpha value is -2.38. The molecular weight excluding hydrogens is 400 g/mol. The molecule has 0 saturated carbocycles. The third kappa shape index (κ3) is 5.36. The molecule has 2 amide bonds. The van der Waals surface area contributed by atoms with Gasteiger partial charge in [-0.2, -0.15) is 0 Å². The highest BCUT2D eigenvalue weighted by Crippen LogP contribution is 2.11. The van der Waals surface area contributed by atoms with E-state index in [0.717, 1.165) is 4.47 Å². The molecule has 24 heavy (non-hydrogen) atoms. The number of benzene rings is 2. The number of amides is 2. The first-order valence-electron chi connectivity index (χ1n) is 6.73. The smallest absolute Gasteiger partial charge is 0.338 e. The van der Waals surface area contributed by atoms with E-state index in [1.165, 1.54) is 12.1 Å². The van der Waals surface area contributed by atoms with Crippen molar-refractivity contribution in [3.8, 4) is 0 Å². The lowest BCUT2D eigenvalue weighted by Crippen LogP contribution is -2.43. The van der Waals surface area contributed by atoms with Crippen molar-refractivity contribution in [1.29, 1.82) is 0 Å². The largest absolute Gasteiger partial charge is 0.452 e. The highest BCUT2D eigenvalue weighted by atomic mass is 79.9. The molecule has 0 unspecified atom stereocenters. The van der Waals surface area contributed by atoms with Crippen molar-refractivity contribution < 1.29 is 19.1 Å². The zero-order valence-electron chi connectivity index (χ0n) is 12.2. The first-order valence-corrected chi connectivity index (χ1v) is 7.90. The molecule has 124 valence electrons. The minimum atomic E-state index is -0.664. The minimum Gasteiger partial charge on any atom is -0.452 e. The number of carbonyl (C=O) groups excluding carboxylic acids is 3. The van der Waals surface area contributed by atoms with Crippen LogP contribution in [0.2, 0.25) is 5.02 Å². The molecule has 0 aliphatic carbocycles. The normalized spacial score (nSPS) is 9.92. The molecule has 0 aliphatic heterocycles. The van der Waals surface area contributed by atoms with Crippen LogP contribution in [0.4, 0.5) is 0 Å². The second kappa shape index (κ2) is 8.47. The van der Waals surface area contributed by atoms with Gasteiger partial charge in [-0.15, -0.1) is 0 Å². The van der Waals surface area contributed by atoms with Crippen LogP contribution in [0, 0.1) is 0 Å². The number of hydrogen-bond donors (Lipinski definition) is 2. The summed E-state index contributed by atoms with van der Waals surface area (Å²) in [7, 11) is 0. The van der Waals surface area contributed by atoms with E-state index in [4.69, 9.17) is 16.3 Å². The van der Waals surface area contributed by atoms with Gasteiger partial charge in [0.1, 0.15) is 0 Å². The first kappa shape index (κ1) is 18.0. The molecule has 2 aromatic rings. The van der Waals surface area contributed by atoms with Crippen LogP contribution in [-0.2, 0) is 9.53 Å². The van der Waals surface area contributed by atoms with Crippen LogP contribution in [0.1, 0.15) is 20.7 Å². The van der Waals surface area contributed by atoms with Gasteiger partial charge < -0.3 is 4.74 Å². The molecular formula is C16H12BrClN2O4. The molecule has 0 bridgehead atoms. The van der Waals surface area contributed by atoms with E-state index < -0.39 is 24.4 Å². The molecule has 0 atom stereocenters. The van der Waals surface area contributed by atoms with Gasteiger partial charge in [0.25, 0.3) is 11.8 Å². The van der Waals surface area contributed by atoms with Crippen LogP contribution >= 0.6 is 27.5 Å². The molecule has 0 fully saturated rings. The first-order chi connectivity index (χ1) is 11.5. The summed E-state index contributed by atoms with van der Waals surface area (Å²) in [5.74, 6) is -1.82. The molecule has 0 saturated heterocycles. The Morgan fingerprint density at radius 2 is 1.50 bits per heavy atom. The van der Waals surface area contributed by atoms with Gasteiger partial charge in [-0.05, 0) is 48.5 Å². The number of hydrogen-bond acceptors (Lipinski definition) is 4. The van der Waals surface area contributed by atoms with Gasteiger partial charge in [0, 0.05) is 15.1 Å². The summed E-state index contributed by atoms with van der Waals surface area (Å²) in [6.45, 7) is -0.518. The van der Waals surface area contributed by atoms with Crippen LogP contribution in [0.25, 0.3) is 0 Å². The monoisotopic (exact) mass is 410 g/mol. The average molecular weight is 412 g/mol. The fourth-order valence-electron chi connectivity index (χ4n) is 1.64. The van der Waals surface area contributed by atoms with Crippen LogP contribution in [0.15, 0.2) is 53.0 Å². The Balaban J connectivity index is 1.77. The molecule has 0 aliphatic rings. The second-order valence-electron chi connectivity index (χ2n) is 4.59. The standard InChI is InChI=1S/C16H12BrClN2O4/c17-12-5-1-11(2-6-12)16(23)24-9-14(21)19-20-15(22)10-3-7-13(18)8-4-10/h1-8H,9H2,(H,19,21)(H,20,22).